The van der Waals surface area contributed by atoms with E-state index in [0.29, 0.717) is 13.1 Å². The van der Waals surface area contributed by atoms with E-state index in [-0.39, 0.29) is 12.1 Å². The average molecular weight is 302 g/mol. The van der Waals surface area contributed by atoms with Gasteiger partial charge in [0.15, 0.2) is 0 Å². The molecule has 0 spiro atoms. The predicted molar refractivity (Wildman–Crippen MR) is 83.7 cm³/mol. The lowest BCUT2D eigenvalue weighted by molar-refractivity contribution is 0.0119. The molecule has 2 aromatic heterocycles. The number of hydrogen-bond donors (Lipinski definition) is 1. The maximum Gasteiger partial charge on any atom is 0.410 e. The first-order valence-corrected chi connectivity index (χ1v) is 7.58. The molecule has 3 rings (SSSR count). The maximum absolute atomic E-state index is 12.5. The Kier molecular flexibility index (Phi) is 3.78. The molecule has 118 valence electrons. The Balaban J connectivity index is 1.91. The Bertz CT molecular complexity index is 674. The fraction of sp³-hybridized carbons (Fsp3) is 0.500. The molecule has 1 N–H and O–H groups in total. The summed E-state index contributed by atoms with van der Waals surface area (Å²) in [4.78, 5) is 14.3. The van der Waals surface area contributed by atoms with Gasteiger partial charge in [0, 0.05) is 31.4 Å². The smallest absolute Gasteiger partial charge is 0.410 e. The normalized spacial score (nSPS) is 19.4. The molecule has 3 heterocycles. The highest BCUT2D eigenvalue weighted by Crippen LogP contribution is 2.27. The quantitative estimate of drug-likeness (QED) is 0.877. The third-order valence-electron chi connectivity index (χ3n) is 3.69. The van der Waals surface area contributed by atoms with Gasteiger partial charge in [-0.1, -0.05) is 6.07 Å². The molecule has 1 aliphatic rings. The first-order chi connectivity index (χ1) is 10.5. The van der Waals surface area contributed by atoms with Crippen LogP contribution in [0.15, 0.2) is 30.6 Å². The summed E-state index contributed by atoms with van der Waals surface area (Å²) < 4.78 is 7.38. The van der Waals surface area contributed by atoms with Gasteiger partial charge in [0.2, 0.25) is 0 Å². The van der Waals surface area contributed by atoms with Crippen LogP contribution in [0.5, 0.6) is 0 Å². The minimum Gasteiger partial charge on any atom is -0.444 e. The van der Waals surface area contributed by atoms with Crippen LogP contribution in [-0.4, -0.2) is 45.8 Å². The number of piperazine rings is 1. The van der Waals surface area contributed by atoms with Crippen LogP contribution in [0.4, 0.5) is 4.79 Å². The number of nitrogens with zero attached hydrogens (tertiary/aromatic N) is 3. The zero-order valence-corrected chi connectivity index (χ0v) is 13.2. The predicted octanol–water partition coefficient (Wildman–Crippen LogP) is 2.22. The van der Waals surface area contributed by atoms with Gasteiger partial charge in [0.25, 0.3) is 0 Å². The molecule has 0 saturated carbocycles. The van der Waals surface area contributed by atoms with Gasteiger partial charge in [-0.15, -0.1) is 0 Å². The van der Waals surface area contributed by atoms with Crippen LogP contribution in [0.1, 0.15) is 32.4 Å². The molecular formula is C16H22N4O2. The summed E-state index contributed by atoms with van der Waals surface area (Å²) in [7, 11) is 0. The van der Waals surface area contributed by atoms with E-state index in [1.165, 1.54) is 0 Å². The molecule has 0 bridgehead atoms. The minimum absolute atomic E-state index is 0.0662. The molecule has 1 amide bonds. The van der Waals surface area contributed by atoms with E-state index in [2.05, 4.69) is 10.4 Å². The van der Waals surface area contributed by atoms with Crippen molar-refractivity contribution >= 4 is 11.6 Å². The third-order valence-corrected chi connectivity index (χ3v) is 3.69. The van der Waals surface area contributed by atoms with Crippen molar-refractivity contribution in [1.82, 2.24) is 19.8 Å². The van der Waals surface area contributed by atoms with Gasteiger partial charge in [0.05, 0.1) is 17.8 Å². The summed E-state index contributed by atoms with van der Waals surface area (Å²) in [6, 6.07) is 5.87. The average Bonchev–Trinajstić information content (AvgIpc) is 2.89. The van der Waals surface area contributed by atoms with Crippen molar-refractivity contribution in [2.75, 3.05) is 19.6 Å². The van der Waals surface area contributed by atoms with Gasteiger partial charge in [-0.2, -0.15) is 5.10 Å². The van der Waals surface area contributed by atoms with Gasteiger partial charge in [0.1, 0.15) is 5.60 Å². The number of rotatable bonds is 1. The van der Waals surface area contributed by atoms with Crippen molar-refractivity contribution in [3.8, 4) is 0 Å². The second kappa shape index (κ2) is 5.61. The van der Waals surface area contributed by atoms with Crippen LogP contribution in [0.2, 0.25) is 0 Å². The Hall–Kier alpha value is -2.08. The summed E-state index contributed by atoms with van der Waals surface area (Å²) in [6.07, 6.45) is 3.48. The number of nitrogens with one attached hydrogen (secondary N) is 1. The molecule has 0 aliphatic carbocycles. The zero-order valence-electron chi connectivity index (χ0n) is 13.2. The second-order valence-corrected chi connectivity index (χ2v) is 6.52. The van der Waals surface area contributed by atoms with E-state index in [1.54, 1.807) is 4.90 Å². The number of pyridine rings is 1. The van der Waals surface area contributed by atoms with Crippen LogP contribution >= 0.6 is 0 Å². The Labute approximate surface area is 130 Å². The molecule has 0 aromatic carbocycles. The highest BCUT2D eigenvalue weighted by molar-refractivity contribution is 5.70. The summed E-state index contributed by atoms with van der Waals surface area (Å²) in [5.74, 6) is 0. The van der Waals surface area contributed by atoms with E-state index in [4.69, 9.17) is 4.74 Å². The zero-order chi connectivity index (χ0) is 15.7. The fourth-order valence-electron chi connectivity index (χ4n) is 2.73. The SMILES string of the molecule is CC(C)(C)OC(=O)N1CCNCC1c1cnn2ccccc12. The van der Waals surface area contributed by atoms with Crippen molar-refractivity contribution in [2.24, 2.45) is 0 Å². The van der Waals surface area contributed by atoms with Crippen molar-refractivity contribution in [3.05, 3.63) is 36.2 Å². The van der Waals surface area contributed by atoms with E-state index < -0.39 is 5.60 Å². The first-order valence-electron chi connectivity index (χ1n) is 7.58. The van der Waals surface area contributed by atoms with Gasteiger partial charge >= 0.3 is 6.09 Å². The van der Waals surface area contributed by atoms with Crippen molar-refractivity contribution in [2.45, 2.75) is 32.4 Å². The molecular weight excluding hydrogens is 280 g/mol. The van der Waals surface area contributed by atoms with Crippen LogP contribution in [0, 0.1) is 0 Å². The van der Waals surface area contributed by atoms with E-state index in [0.717, 1.165) is 17.6 Å². The molecule has 2 aromatic rings. The van der Waals surface area contributed by atoms with Crippen molar-refractivity contribution in [3.63, 3.8) is 0 Å². The van der Waals surface area contributed by atoms with Gasteiger partial charge < -0.3 is 10.1 Å². The molecule has 1 saturated heterocycles. The fourth-order valence-corrected chi connectivity index (χ4v) is 2.73. The van der Waals surface area contributed by atoms with Crippen LogP contribution < -0.4 is 5.32 Å². The van der Waals surface area contributed by atoms with Gasteiger partial charge in [-0.05, 0) is 32.9 Å². The minimum atomic E-state index is -0.492. The number of hydrogen-bond acceptors (Lipinski definition) is 4. The van der Waals surface area contributed by atoms with Gasteiger partial charge in [-0.3, -0.25) is 4.90 Å². The molecule has 22 heavy (non-hydrogen) atoms. The maximum atomic E-state index is 12.5. The second-order valence-electron chi connectivity index (χ2n) is 6.52. The Morgan fingerprint density at radius 1 is 1.41 bits per heavy atom. The number of ether oxygens (including phenoxy) is 1. The summed E-state index contributed by atoms with van der Waals surface area (Å²) in [6.45, 7) is 7.76. The lowest BCUT2D eigenvalue weighted by Crippen LogP contribution is -2.50. The molecule has 0 radical (unpaired) electrons. The highest BCUT2D eigenvalue weighted by Gasteiger charge is 2.32. The largest absolute Gasteiger partial charge is 0.444 e. The van der Waals surface area contributed by atoms with Gasteiger partial charge in [-0.25, -0.2) is 9.31 Å². The number of amides is 1. The lowest BCUT2D eigenvalue weighted by Gasteiger charge is -2.36. The summed E-state index contributed by atoms with van der Waals surface area (Å²) in [5, 5.41) is 7.72. The Morgan fingerprint density at radius 2 is 2.23 bits per heavy atom. The standard InChI is InChI=1S/C16H22N4O2/c1-16(2,3)22-15(21)19-9-7-17-11-14(19)12-10-18-20-8-5-4-6-13(12)20/h4-6,8,10,14,17H,7,9,11H2,1-3H3. The summed E-state index contributed by atoms with van der Waals surface area (Å²) >= 11 is 0. The molecule has 1 fully saturated rings. The third kappa shape index (κ3) is 2.92. The molecule has 1 aliphatic heterocycles. The van der Waals surface area contributed by atoms with E-state index in [9.17, 15) is 4.79 Å². The number of carbonyl (C=O) groups excluding carboxylic acids is 1. The number of aromatic nitrogens is 2. The topological polar surface area (TPSA) is 58.9 Å². The highest BCUT2D eigenvalue weighted by atomic mass is 16.6. The van der Waals surface area contributed by atoms with Crippen molar-refractivity contribution in [1.29, 1.82) is 0 Å². The van der Waals surface area contributed by atoms with Crippen LogP contribution in [-0.2, 0) is 4.74 Å². The number of fused-ring (bicyclic) bond motifs is 1. The molecule has 1 atom stereocenters. The molecule has 1 unspecified atom stereocenters. The monoisotopic (exact) mass is 302 g/mol. The van der Waals surface area contributed by atoms with Crippen LogP contribution in [0.3, 0.4) is 0 Å². The molecule has 6 nitrogen and oxygen atoms in total. The van der Waals surface area contributed by atoms with E-state index in [1.807, 2.05) is 55.9 Å². The number of carbonyl (C=O) groups is 1. The van der Waals surface area contributed by atoms with Crippen molar-refractivity contribution < 1.29 is 9.53 Å². The molecule has 6 heteroatoms. The summed E-state index contributed by atoms with van der Waals surface area (Å²) in [5.41, 5.74) is 1.57. The Morgan fingerprint density at radius 3 is 3.00 bits per heavy atom. The van der Waals surface area contributed by atoms with Crippen LogP contribution in [0.25, 0.3) is 5.52 Å². The lowest BCUT2D eigenvalue weighted by atomic mass is 10.1. The van der Waals surface area contributed by atoms with E-state index >= 15 is 0 Å². The first kappa shape index (κ1) is 14.8.